The zero-order valence-electron chi connectivity index (χ0n) is 20.1. The number of halogens is 1. The highest BCUT2D eigenvalue weighted by atomic mass is 19.1. The van der Waals surface area contributed by atoms with Crippen LogP contribution in [0.1, 0.15) is 16.8 Å². The maximum atomic E-state index is 13.7. The predicted molar refractivity (Wildman–Crippen MR) is 137 cm³/mol. The van der Waals surface area contributed by atoms with Gasteiger partial charge >= 0.3 is 11.8 Å². The number of hydrazone groups is 1. The van der Waals surface area contributed by atoms with Gasteiger partial charge in [-0.25, -0.2) is 14.5 Å². The quantitative estimate of drug-likeness (QED) is 0.230. The van der Waals surface area contributed by atoms with Crippen LogP contribution in [0.5, 0.6) is 5.75 Å². The molecule has 0 fully saturated rings. The maximum absolute atomic E-state index is 13.7. The first-order chi connectivity index (χ1) is 17.8. The second-order valence-corrected chi connectivity index (χ2v) is 8.04. The second kappa shape index (κ2) is 11.2. The Morgan fingerprint density at radius 3 is 2.35 bits per heavy atom. The zero-order valence-corrected chi connectivity index (χ0v) is 20.1. The first-order valence-corrected chi connectivity index (χ1v) is 11.3. The lowest BCUT2D eigenvalue weighted by atomic mass is 10.2. The van der Waals surface area contributed by atoms with E-state index in [-0.39, 0.29) is 18.1 Å². The van der Waals surface area contributed by atoms with Gasteiger partial charge in [-0.15, -0.1) is 0 Å². The molecule has 0 aliphatic rings. The van der Waals surface area contributed by atoms with Gasteiger partial charge in [-0.05, 0) is 55.0 Å². The summed E-state index contributed by atoms with van der Waals surface area (Å²) in [4.78, 5) is 37.5. The zero-order chi connectivity index (χ0) is 26.4. The normalized spacial score (nSPS) is 10.9. The van der Waals surface area contributed by atoms with E-state index < -0.39 is 17.4 Å². The van der Waals surface area contributed by atoms with E-state index in [2.05, 4.69) is 15.8 Å². The molecule has 0 unspecified atom stereocenters. The molecule has 4 rings (SSSR count). The molecule has 0 radical (unpaired) electrons. The van der Waals surface area contributed by atoms with Crippen molar-refractivity contribution >= 4 is 23.7 Å². The molecule has 1 heterocycles. The molecule has 1 aromatic heterocycles. The molecule has 9 nitrogen and oxygen atoms in total. The molecule has 0 spiro atoms. The number of hydrogen-bond acceptors (Lipinski definition) is 5. The van der Waals surface area contributed by atoms with Gasteiger partial charge in [0.25, 0.3) is 5.56 Å². The van der Waals surface area contributed by atoms with Crippen molar-refractivity contribution in [1.82, 2.24) is 14.8 Å². The molecule has 4 aromatic rings. The average Bonchev–Trinajstić information content (AvgIpc) is 3.12. The fourth-order valence-electron chi connectivity index (χ4n) is 3.53. The highest BCUT2D eigenvalue weighted by Crippen LogP contribution is 2.16. The number of amides is 2. The standard InChI is InChI=1S/C27H24FN5O4/c1-18-24(27(36)33(32(18)2)21-9-4-3-5-10-21)30-25(34)26(35)31-29-16-19-12-14-22(15-13-19)37-17-20-8-6-7-11-23(20)28/h3-16H,17H2,1-2H3,(H,30,34)(H,31,35)/b29-16+. The Bertz CT molecular complexity index is 1510. The molecule has 0 aliphatic heterocycles. The number of anilines is 1. The van der Waals surface area contributed by atoms with E-state index in [0.717, 1.165) is 0 Å². The van der Waals surface area contributed by atoms with Crippen LogP contribution >= 0.6 is 0 Å². The Hall–Kier alpha value is -4.99. The molecule has 10 heteroatoms. The summed E-state index contributed by atoms with van der Waals surface area (Å²) in [5.41, 5.74) is 3.85. The van der Waals surface area contributed by atoms with Gasteiger partial charge in [0.1, 0.15) is 23.9 Å². The summed E-state index contributed by atoms with van der Waals surface area (Å²) < 4.78 is 22.3. The lowest BCUT2D eigenvalue weighted by molar-refractivity contribution is -0.136. The van der Waals surface area contributed by atoms with Crippen molar-refractivity contribution in [3.63, 3.8) is 0 Å². The third-order valence-corrected chi connectivity index (χ3v) is 5.61. The number of nitrogens with one attached hydrogen (secondary N) is 2. The second-order valence-electron chi connectivity index (χ2n) is 8.04. The summed E-state index contributed by atoms with van der Waals surface area (Å²) in [6.45, 7) is 1.75. The van der Waals surface area contributed by atoms with E-state index in [9.17, 15) is 18.8 Å². The molecule has 0 saturated heterocycles. The fourth-order valence-corrected chi connectivity index (χ4v) is 3.53. The summed E-state index contributed by atoms with van der Waals surface area (Å²) in [6, 6.07) is 22.0. The van der Waals surface area contributed by atoms with Gasteiger partial charge in [-0.1, -0.05) is 36.4 Å². The lowest BCUT2D eigenvalue weighted by Gasteiger charge is -2.07. The number of carbonyl (C=O) groups excluding carboxylic acids is 2. The van der Waals surface area contributed by atoms with Gasteiger partial charge in [0, 0.05) is 12.6 Å². The third kappa shape index (κ3) is 5.81. The minimum atomic E-state index is -1.03. The first kappa shape index (κ1) is 25.1. The summed E-state index contributed by atoms with van der Waals surface area (Å²) >= 11 is 0. The predicted octanol–water partition coefficient (Wildman–Crippen LogP) is 3.29. The highest BCUT2D eigenvalue weighted by molar-refractivity contribution is 6.39. The van der Waals surface area contributed by atoms with Crippen molar-refractivity contribution in [2.45, 2.75) is 13.5 Å². The number of rotatable bonds is 7. The van der Waals surface area contributed by atoms with Crippen LogP contribution in [0, 0.1) is 12.7 Å². The molecule has 2 amide bonds. The molecule has 0 atom stereocenters. The van der Waals surface area contributed by atoms with E-state index in [1.54, 1.807) is 85.4 Å². The van der Waals surface area contributed by atoms with E-state index in [4.69, 9.17) is 4.74 Å². The summed E-state index contributed by atoms with van der Waals surface area (Å²) in [6.07, 6.45) is 1.35. The van der Waals surface area contributed by atoms with Crippen molar-refractivity contribution in [2.24, 2.45) is 12.1 Å². The van der Waals surface area contributed by atoms with Crippen LogP contribution < -0.4 is 21.0 Å². The van der Waals surface area contributed by atoms with E-state index in [1.165, 1.54) is 17.0 Å². The minimum absolute atomic E-state index is 0.00135. The molecule has 188 valence electrons. The van der Waals surface area contributed by atoms with Gasteiger partial charge < -0.3 is 10.1 Å². The fraction of sp³-hybridized carbons (Fsp3) is 0.111. The van der Waals surface area contributed by atoms with Crippen molar-refractivity contribution in [3.05, 3.63) is 112 Å². The molecule has 0 aliphatic carbocycles. The molecule has 2 N–H and O–H groups in total. The van der Waals surface area contributed by atoms with Crippen molar-refractivity contribution < 1.29 is 18.7 Å². The minimum Gasteiger partial charge on any atom is -0.489 e. The van der Waals surface area contributed by atoms with Crippen LogP contribution in [0.2, 0.25) is 0 Å². The van der Waals surface area contributed by atoms with Crippen LogP contribution in [-0.2, 0) is 23.2 Å². The molecule has 3 aromatic carbocycles. The molecule has 0 bridgehead atoms. The molecular formula is C27H24FN5O4. The van der Waals surface area contributed by atoms with Crippen molar-refractivity contribution in [1.29, 1.82) is 0 Å². The Balaban J connectivity index is 1.33. The van der Waals surface area contributed by atoms with Crippen LogP contribution in [0.4, 0.5) is 10.1 Å². The number of aromatic nitrogens is 2. The van der Waals surface area contributed by atoms with E-state index >= 15 is 0 Å². The summed E-state index contributed by atoms with van der Waals surface area (Å²) in [5, 5.41) is 6.16. The van der Waals surface area contributed by atoms with Crippen molar-refractivity contribution in [3.8, 4) is 11.4 Å². The summed E-state index contributed by atoms with van der Waals surface area (Å²) in [7, 11) is 1.68. The van der Waals surface area contributed by atoms with Crippen LogP contribution in [0.25, 0.3) is 5.69 Å². The van der Waals surface area contributed by atoms with Gasteiger partial charge in [0.15, 0.2) is 0 Å². The highest BCUT2D eigenvalue weighted by Gasteiger charge is 2.21. The Kier molecular flexibility index (Phi) is 7.58. The Morgan fingerprint density at radius 2 is 1.65 bits per heavy atom. The number of para-hydroxylation sites is 1. The van der Waals surface area contributed by atoms with Crippen LogP contribution in [0.15, 0.2) is 88.8 Å². The number of hydrogen-bond donors (Lipinski definition) is 2. The largest absolute Gasteiger partial charge is 0.489 e. The lowest BCUT2D eigenvalue weighted by Crippen LogP contribution is -2.34. The van der Waals surface area contributed by atoms with E-state index in [1.807, 2.05) is 6.07 Å². The SMILES string of the molecule is Cc1c(NC(=O)C(=O)N/N=C/c2ccc(OCc3ccccc3F)cc2)c(=O)n(-c2ccccc2)n1C. The Labute approximate surface area is 211 Å². The number of ether oxygens (including phenoxy) is 1. The first-order valence-electron chi connectivity index (χ1n) is 11.3. The topological polar surface area (TPSA) is 107 Å². The molecular weight excluding hydrogens is 477 g/mol. The average molecular weight is 502 g/mol. The third-order valence-electron chi connectivity index (χ3n) is 5.61. The van der Waals surface area contributed by atoms with Gasteiger partial charge in [-0.3, -0.25) is 19.1 Å². The van der Waals surface area contributed by atoms with Gasteiger partial charge in [0.2, 0.25) is 0 Å². The van der Waals surface area contributed by atoms with Gasteiger partial charge in [0.05, 0.1) is 17.6 Å². The monoisotopic (exact) mass is 501 g/mol. The number of nitrogens with zero attached hydrogens (tertiary/aromatic N) is 3. The number of carbonyl (C=O) groups is 2. The van der Waals surface area contributed by atoms with Gasteiger partial charge in [-0.2, -0.15) is 5.10 Å². The van der Waals surface area contributed by atoms with Crippen molar-refractivity contribution in [2.75, 3.05) is 5.32 Å². The Morgan fingerprint density at radius 1 is 0.973 bits per heavy atom. The molecule has 37 heavy (non-hydrogen) atoms. The van der Waals surface area contributed by atoms with E-state index in [0.29, 0.717) is 28.3 Å². The smallest absolute Gasteiger partial charge is 0.329 e. The summed E-state index contributed by atoms with van der Waals surface area (Å²) in [5.74, 6) is -1.87. The maximum Gasteiger partial charge on any atom is 0.329 e. The molecule has 0 saturated carbocycles. The number of benzene rings is 3. The van der Waals surface area contributed by atoms with Crippen LogP contribution in [-0.4, -0.2) is 27.4 Å². The van der Waals surface area contributed by atoms with Crippen LogP contribution in [0.3, 0.4) is 0 Å².